The largest absolute Gasteiger partial charge is 0.780 e. The Balaban J connectivity index is -0.000000389. The molecule has 1 radical (unpaired) electrons. The Kier molecular flexibility index (Phi) is 21.7. The number of hydrogen-bond acceptors (Lipinski definition) is 10. The Hall–Kier alpha value is -2.73. The van der Waals surface area contributed by atoms with Crippen LogP contribution in [0.25, 0.3) is 0 Å². The topological polar surface area (TPSA) is 143 Å². The minimum absolute atomic E-state index is 0. The number of rotatable bonds is 2. The SMILES string of the molecule is CC(=N/O)/C(C)=N/O.CC(=N\O)/C(C)=N/O.CC(C)(C)c1ccncc1.[Co].[S-]c1ccc(Cl)cc1. The van der Waals surface area contributed by atoms with Gasteiger partial charge in [-0.05, 0) is 62.9 Å². The van der Waals surface area contributed by atoms with E-state index < -0.39 is 0 Å². The molecule has 1 aromatic carbocycles. The second kappa shape index (κ2) is 20.6. The van der Waals surface area contributed by atoms with E-state index in [4.69, 9.17) is 45.1 Å². The first-order chi connectivity index (χ1) is 15.8. The molecule has 1 aromatic heterocycles. The van der Waals surface area contributed by atoms with Crippen LogP contribution in [0.1, 0.15) is 54.0 Å². The first kappa shape index (κ1) is 36.8. The van der Waals surface area contributed by atoms with Crippen LogP contribution in [0, 0.1) is 0 Å². The van der Waals surface area contributed by atoms with Crippen molar-refractivity contribution in [3.05, 3.63) is 59.4 Å². The van der Waals surface area contributed by atoms with Gasteiger partial charge in [0.25, 0.3) is 0 Å². The van der Waals surface area contributed by atoms with Gasteiger partial charge in [0.1, 0.15) is 22.8 Å². The number of pyridine rings is 1. The third-order valence-electron chi connectivity index (χ3n) is 4.01. The third kappa shape index (κ3) is 19.3. The zero-order chi connectivity index (χ0) is 26.7. The molecule has 0 aliphatic rings. The van der Waals surface area contributed by atoms with E-state index in [2.05, 4.69) is 58.5 Å². The Morgan fingerprint density at radius 1 is 0.714 bits per heavy atom. The fourth-order valence-electron chi connectivity index (χ4n) is 1.58. The van der Waals surface area contributed by atoms with E-state index in [-0.39, 0.29) is 22.2 Å². The molecule has 4 N–H and O–H groups in total. The zero-order valence-corrected chi connectivity index (χ0v) is 23.4. The minimum atomic E-state index is 0. The maximum absolute atomic E-state index is 8.03. The number of aromatic nitrogens is 1. The van der Waals surface area contributed by atoms with Crippen molar-refractivity contribution < 1.29 is 37.6 Å². The molecule has 2 rings (SSSR count). The van der Waals surface area contributed by atoms with E-state index in [9.17, 15) is 0 Å². The molecule has 0 fully saturated rings. The summed E-state index contributed by atoms with van der Waals surface area (Å²) in [4.78, 5) is 4.79. The van der Waals surface area contributed by atoms with Crippen LogP contribution in [-0.4, -0.2) is 48.7 Å². The summed E-state index contributed by atoms with van der Waals surface area (Å²) in [5.41, 5.74) is 2.84. The molecule has 0 aliphatic carbocycles. The van der Waals surface area contributed by atoms with Crippen LogP contribution in [0.15, 0.2) is 74.3 Å². The van der Waals surface area contributed by atoms with Crippen molar-refractivity contribution in [2.75, 3.05) is 0 Å². The van der Waals surface area contributed by atoms with Crippen LogP contribution in [0.3, 0.4) is 0 Å². The Bertz CT molecular complexity index is 864. The van der Waals surface area contributed by atoms with Crippen LogP contribution in [0.2, 0.25) is 5.02 Å². The molecule has 12 heteroatoms. The molecule has 2 aromatic rings. The van der Waals surface area contributed by atoms with Crippen molar-refractivity contribution >= 4 is 47.1 Å². The van der Waals surface area contributed by atoms with Crippen LogP contribution in [0.4, 0.5) is 0 Å². The molecule has 0 saturated carbocycles. The van der Waals surface area contributed by atoms with Crippen molar-refractivity contribution in [3.63, 3.8) is 0 Å². The molecule has 1 heterocycles. The van der Waals surface area contributed by atoms with Gasteiger partial charge in [-0.25, -0.2) is 0 Å². The first-order valence-electron chi connectivity index (χ1n) is 9.92. The normalized spacial score (nSPS) is 11.9. The van der Waals surface area contributed by atoms with Gasteiger partial charge in [0.15, 0.2) is 0 Å². The van der Waals surface area contributed by atoms with Gasteiger partial charge in [-0.15, -0.1) is 0 Å². The molecule has 0 unspecified atom stereocenters. The summed E-state index contributed by atoms with van der Waals surface area (Å²) in [5, 5.41) is 44.0. The average molecular weight is 570 g/mol. The third-order valence-corrected chi connectivity index (χ3v) is 4.53. The number of oxime groups is 4. The second-order valence-corrected chi connectivity index (χ2v) is 8.59. The summed E-state index contributed by atoms with van der Waals surface area (Å²) in [6.07, 6.45) is 3.67. The van der Waals surface area contributed by atoms with E-state index >= 15 is 0 Å². The van der Waals surface area contributed by atoms with E-state index in [1.54, 1.807) is 24.3 Å². The summed E-state index contributed by atoms with van der Waals surface area (Å²) in [6.45, 7) is 12.7. The summed E-state index contributed by atoms with van der Waals surface area (Å²) in [7, 11) is 0. The molecule has 0 aliphatic heterocycles. The van der Waals surface area contributed by atoms with Gasteiger partial charge in [-0.3, -0.25) is 4.98 Å². The zero-order valence-electron chi connectivity index (χ0n) is 20.8. The molecule has 35 heavy (non-hydrogen) atoms. The van der Waals surface area contributed by atoms with Gasteiger partial charge in [0.2, 0.25) is 0 Å². The number of halogens is 1. The van der Waals surface area contributed by atoms with Crippen molar-refractivity contribution in [2.45, 2.75) is 58.8 Å². The summed E-state index contributed by atoms with van der Waals surface area (Å²) >= 11 is 10.4. The molecule has 0 bridgehead atoms. The van der Waals surface area contributed by atoms with Crippen LogP contribution >= 0.6 is 11.6 Å². The van der Waals surface area contributed by atoms with Crippen molar-refractivity contribution in [1.82, 2.24) is 4.98 Å². The molecule has 0 amide bonds. The van der Waals surface area contributed by atoms with E-state index in [1.807, 2.05) is 12.4 Å². The molecule has 9 nitrogen and oxygen atoms in total. The molecule has 0 saturated heterocycles. The Labute approximate surface area is 227 Å². The Morgan fingerprint density at radius 3 is 1.23 bits per heavy atom. The predicted octanol–water partition coefficient (Wildman–Crippen LogP) is 6.00. The summed E-state index contributed by atoms with van der Waals surface area (Å²) in [5.74, 6) is 0. The fraction of sp³-hybridized carbons (Fsp3) is 0.348. The average Bonchev–Trinajstić information content (AvgIpc) is 2.85. The molecule has 0 atom stereocenters. The van der Waals surface area contributed by atoms with Gasteiger partial charge in [0.05, 0.1) is 0 Å². The van der Waals surface area contributed by atoms with Gasteiger partial charge in [0, 0.05) is 34.2 Å². The van der Waals surface area contributed by atoms with Crippen molar-refractivity contribution in [2.24, 2.45) is 20.6 Å². The fourth-order valence-corrected chi connectivity index (χ4v) is 1.84. The van der Waals surface area contributed by atoms with Gasteiger partial charge < -0.3 is 33.5 Å². The maximum Gasteiger partial charge on any atom is 0.101 e. The summed E-state index contributed by atoms with van der Waals surface area (Å²) in [6, 6.07) is 11.3. The Morgan fingerprint density at radius 2 is 1.03 bits per heavy atom. The molecule has 0 spiro atoms. The van der Waals surface area contributed by atoms with E-state index in [0.29, 0.717) is 22.8 Å². The van der Waals surface area contributed by atoms with Gasteiger partial charge >= 0.3 is 0 Å². The van der Waals surface area contributed by atoms with Crippen LogP contribution in [-0.2, 0) is 34.8 Å². The molecule has 197 valence electrons. The quantitative estimate of drug-likeness (QED) is 0.151. The monoisotopic (exact) mass is 569 g/mol. The van der Waals surface area contributed by atoms with Gasteiger partial charge in [-0.1, -0.05) is 65.1 Å². The number of benzene rings is 1. The maximum atomic E-state index is 8.03. The first-order valence-corrected chi connectivity index (χ1v) is 10.7. The van der Waals surface area contributed by atoms with Crippen LogP contribution < -0.4 is 0 Å². The standard InChI is InChI=1S/C9H13N.C6H5ClS.2C4H8N2O2.Co/c1-9(2,3)8-4-6-10-7-5-8;7-5-1-3-6(8)4-2-5;2*1-3(5-7)4(2)6-8;/h4-7H,1-3H3;1-4,8H;2*7-8H,1-2H3;/p-1/b;;5-3+,6-4+;5-3-,6-4+;. The predicted molar refractivity (Wildman–Crippen MR) is 140 cm³/mol. The van der Waals surface area contributed by atoms with E-state index in [0.717, 1.165) is 9.92 Å². The van der Waals surface area contributed by atoms with Gasteiger partial charge in [-0.2, -0.15) is 4.90 Å². The van der Waals surface area contributed by atoms with Crippen molar-refractivity contribution in [3.8, 4) is 0 Å². The molecular formula is C23H33ClCoN5O4S-. The number of hydrogen-bond donors (Lipinski definition) is 4. The van der Waals surface area contributed by atoms with Crippen LogP contribution in [0.5, 0.6) is 0 Å². The van der Waals surface area contributed by atoms with Crippen molar-refractivity contribution in [1.29, 1.82) is 0 Å². The summed E-state index contributed by atoms with van der Waals surface area (Å²) < 4.78 is 0. The molecular weight excluding hydrogens is 537 g/mol. The smallest absolute Gasteiger partial charge is 0.101 e. The second-order valence-electron chi connectivity index (χ2n) is 7.68. The number of nitrogens with zero attached hydrogens (tertiary/aromatic N) is 5. The van der Waals surface area contributed by atoms with E-state index in [1.165, 1.54) is 33.3 Å². The minimum Gasteiger partial charge on any atom is -0.780 e.